The molecule has 2 aromatic carbocycles. The van der Waals surface area contributed by atoms with Gasteiger partial charge in [-0.25, -0.2) is 0 Å². The molecule has 2 N–H and O–H groups in total. The largest absolute Gasteiger partial charge is 0.489 e. The molecule has 0 aliphatic rings. The lowest BCUT2D eigenvalue weighted by Crippen LogP contribution is -2.31. The van der Waals surface area contributed by atoms with E-state index in [-0.39, 0.29) is 0 Å². The minimum atomic E-state index is 0.398. The van der Waals surface area contributed by atoms with E-state index in [4.69, 9.17) is 22.7 Å². The molecule has 3 nitrogen and oxygen atoms in total. The van der Waals surface area contributed by atoms with E-state index in [9.17, 15) is 0 Å². The fraction of sp³-hybridized carbons (Fsp3) is 0.188. The standard InChI is InChI=1S/C16H18N2OS/c1-18(16(17)20)11-13-7-9-15(10-8-13)19-12-14-5-3-2-4-6-14/h2-10H,11-12H2,1H3,(H2,17,20). The van der Waals surface area contributed by atoms with Crippen LogP contribution in [0, 0.1) is 0 Å². The molecule has 0 aliphatic heterocycles. The van der Waals surface area contributed by atoms with Gasteiger partial charge in [-0.3, -0.25) is 0 Å². The van der Waals surface area contributed by atoms with Crippen molar-refractivity contribution < 1.29 is 4.74 Å². The maximum atomic E-state index is 5.74. The van der Waals surface area contributed by atoms with Gasteiger partial charge in [0.05, 0.1) is 0 Å². The highest BCUT2D eigenvalue weighted by Gasteiger charge is 2.02. The summed E-state index contributed by atoms with van der Waals surface area (Å²) in [5, 5.41) is 0.398. The molecule has 2 rings (SSSR count). The highest BCUT2D eigenvalue weighted by atomic mass is 32.1. The molecular weight excluding hydrogens is 268 g/mol. The van der Waals surface area contributed by atoms with Crippen LogP contribution in [0.4, 0.5) is 0 Å². The molecule has 2 aromatic rings. The summed E-state index contributed by atoms with van der Waals surface area (Å²) in [6.07, 6.45) is 0. The van der Waals surface area contributed by atoms with Gasteiger partial charge in [0.25, 0.3) is 0 Å². The number of hydrogen-bond donors (Lipinski definition) is 1. The van der Waals surface area contributed by atoms with Gasteiger partial charge in [-0.2, -0.15) is 0 Å². The number of nitrogens with two attached hydrogens (primary N) is 1. The van der Waals surface area contributed by atoms with Gasteiger partial charge in [-0.05, 0) is 35.5 Å². The molecule has 0 bridgehead atoms. The number of hydrogen-bond acceptors (Lipinski definition) is 2. The van der Waals surface area contributed by atoms with Crippen molar-refractivity contribution >= 4 is 17.3 Å². The minimum Gasteiger partial charge on any atom is -0.489 e. The average Bonchev–Trinajstić information content (AvgIpc) is 2.47. The first-order valence-electron chi connectivity index (χ1n) is 6.41. The summed E-state index contributed by atoms with van der Waals surface area (Å²) in [5.41, 5.74) is 7.86. The van der Waals surface area contributed by atoms with Gasteiger partial charge < -0.3 is 15.4 Å². The number of benzene rings is 2. The molecule has 0 radical (unpaired) electrons. The molecule has 0 saturated heterocycles. The van der Waals surface area contributed by atoms with E-state index in [1.807, 2.05) is 66.5 Å². The second-order valence-corrected chi connectivity index (χ2v) is 5.03. The van der Waals surface area contributed by atoms with Gasteiger partial charge in [-0.15, -0.1) is 0 Å². The Bertz CT molecular complexity index is 554. The fourth-order valence-electron chi connectivity index (χ4n) is 1.78. The maximum absolute atomic E-state index is 5.74. The minimum absolute atomic E-state index is 0.398. The van der Waals surface area contributed by atoms with Crippen LogP contribution in [0.1, 0.15) is 11.1 Å². The van der Waals surface area contributed by atoms with Crippen LogP contribution < -0.4 is 10.5 Å². The van der Waals surface area contributed by atoms with Crippen molar-refractivity contribution in [3.63, 3.8) is 0 Å². The third-order valence-electron chi connectivity index (χ3n) is 2.97. The number of rotatable bonds is 5. The second-order valence-electron chi connectivity index (χ2n) is 4.61. The van der Waals surface area contributed by atoms with Crippen molar-refractivity contribution in [3.05, 3.63) is 65.7 Å². The van der Waals surface area contributed by atoms with E-state index < -0.39 is 0 Å². The highest BCUT2D eigenvalue weighted by molar-refractivity contribution is 7.80. The highest BCUT2D eigenvalue weighted by Crippen LogP contribution is 2.15. The number of thiocarbonyl (C=S) groups is 1. The van der Waals surface area contributed by atoms with Crippen LogP contribution in [-0.2, 0) is 13.2 Å². The topological polar surface area (TPSA) is 38.5 Å². The maximum Gasteiger partial charge on any atom is 0.166 e. The zero-order chi connectivity index (χ0) is 14.4. The van der Waals surface area contributed by atoms with E-state index in [1.54, 1.807) is 0 Å². The molecule has 0 atom stereocenters. The zero-order valence-corrected chi connectivity index (χ0v) is 12.3. The summed E-state index contributed by atoms with van der Waals surface area (Å²) in [4.78, 5) is 1.83. The van der Waals surface area contributed by atoms with Crippen molar-refractivity contribution in [2.45, 2.75) is 13.2 Å². The first kappa shape index (κ1) is 14.3. The lowest BCUT2D eigenvalue weighted by atomic mass is 10.2. The summed E-state index contributed by atoms with van der Waals surface area (Å²) < 4.78 is 5.74. The lowest BCUT2D eigenvalue weighted by Gasteiger charge is -2.16. The third-order valence-corrected chi connectivity index (χ3v) is 3.28. The van der Waals surface area contributed by atoms with E-state index in [0.717, 1.165) is 16.9 Å². The second kappa shape index (κ2) is 6.91. The van der Waals surface area contributed by atoms with Gasteiger partial charge in [0, 0.05) is 13.6 Å². The Morgan fingerprint density at radius 3 is 2.30 bits per heavy atom. The van der Waals surface area contributed by atoms with E-state index >= 15 is 0 Å². The fourth-order valence-corrected chi connectivity index (χ4v) is 1.85. The molecule has 104 valence electrons. The van der Waals surface area contributed by atoms with Crippen molar-refractivity contribution in [1.29, 1.82) is 0 Å². The van der Waals surface area contributed by atoms with Crippen molar-refractivity contribution in [3.8, 4) is 5.75 Å². The Hall–Kier alpha value is -2.07. The Balaban J connectivity index is 1.90. The molecular formula is C16H18N2OS. The normalized spacial score (nSPS) is 10.1. The van der Waals surface area contributed by atoms with Gasteiger partial charge in [0.2, 0.25) is 0 Å². The van der Waals surface area contributed by atoms with Crippen molar-refractivity contribution in [1.82, 2.24) is 4.90 Å². The first-order chi connectivity index (χ1) is 9.65. The summed E-state index contributed by atoms with van der Waals surface area (Å²) in [7, 11) is 1.88. The van der Waals surface area contributed by atoms with Crippen LogP contribution in [0.15, 0.2) is 54.6 Å². The van der Waals surface area contributed by atoms with Crippen LogP contribution in [0.25, 0.3) is 0 Å². The predicted molar refractivity (Wildman–Crippen MR) is 85.5 cm³/mol. The van der Waals surface area contributed by atoms with E-state index in [2.05, 4.69) is 0 Å². The molecule has 0 aliphatic carbocycles. The van der Waals surface area contributed by atoms with Crippen molar-refractivity contribution in [2.24, 2.45) is 5.73 Å². The van der Waals surface area contributed by atoms with Gasteiger partial charge >= 0.3 is 0 Å². The summed E-state index contributed by atoms with van der Waals surface area (Å²) >= 11 is 4.92. The average molecular weight is 286 g/mol. The van der Waals surface area contributed by atoms with Gasteiger partial charge in [0.1, 0.15) is 12.4 Å². The summed E-state index contributed by atoms with van der Waals surface area (Å²) in [6, 6.07) is 18.1. The van der Waals surface area contributed by atoms with Crippen molar-refractivity contribution in [2.75, 3.05) is 7.05 Å². The van der Waals surface area contributed by atoms with Crippen LogP contribution in [0.5, 0.6) is 5.75 Å². The quantitative estimate of drug-likeness (QED) is 0.858. The third kappa shape index (κ3) is 4.24. The van der Waals surface area contributed by atoms with Crippen LogP contribution in [-0.4, -0.2) is 17.1 Å². The molecule has 0 saturated carbocycles. The first-order valence-corrected chi connectivity index (χ1v) is 6.82. The molecule has 0 spiro atoms. The number of ether oxygens (including phenoxy) is 1. The van der Waals surface area contributed by atoms with Gasteiger partial charge in [0.15, 0.2) is 5.11 Å². The molecule has 0 heterocycles. The Morgan fingerprint density at radius 2 is 1.70 bits per heavy atom. The summed E-state index contributed by atoms with van der Waals surface area (Å²) in [5.74, 6) is 0.857. The van der Waals surface area contributed by atoms with Crippen LogP contribution in [0.3, 0.4) is 0 Å². The molecule has 0 fully saturated rings. The zero-order valence-electron chi connectivity index (χ0n) is 11.5. The smallest absolute Gasteiger partial charge is 0.166 e. The van der Waals surface area contributed by atoms with E-state index in [1.165, 1.54) is 0 Å². The number of nitrogens with zero attached hydrogens (tertiary/aromatic N) is 1. The predicted octanol–water partition coefficient (Wildman–Crippen LogP) is 2.94. The Morgan fingerprint density at radius 1 is 1.05 bits per heavy atom. The SMILES string of the molecule is CN(Cc1ccc(OCc2ccccc2)cc1)C(N)=S. The van der Waals surface area contributed by atoms with Crippen LogP contribution >= 0.6 is 12.2 Å². The molecule has 0 aromatic heterocycles. The molecule has 4 heteroatoms. The Kier molecular flexibility index (Phi) is 4.96. The molecule has 0 unspecified atom stereocenters. The van der Waals surface area contributed by atoms with Crippen LogP contribution in [0.2, 0.25) is 0 Å². The molecule has 20 heavy (non-hydrogen) atoms. The monoisotopic (exact) mass is 286 g/mol. The molecule has 0 amide bonds. The lowest BCUT2D eigenvalue weighted by molar-refractivity contribution is 0.306. The Labute approximate surface area is 125 Å². The summed E-state index contributed by atoms with van der Waals surface area (Å²) in [6.45, 7) is 1.28. The van der Waals surface area contributed by atoms with E-state index in [0.29, 0.717) is 18.3 Å². The van der Waals surface area contributed by atoms with Gasteiger partial charge in [-0.1, -0.05) is 42.5 Å².